The molecule has 0 spiro atoms. The number of rotatable bonds is 4. The molecule has 2 rings (SSSR count). The third kappa shape index (κ3) is 3.26. The molecule has 2 N–H and O–H groups in total. The molecule has 5 heteroatoms. The summed E-state index contributed by atoms with van der Waals surface area (Å²) in [6.07, 6.45) is 1.31. The van der Waals surface area contributed by atoms with Gasteiger partial charge < -0.3 is 10.6 Å². The van der Waals surface area contributed by atoms with E-state index >= 15 is 0 Å². The van der Waals surface area contributed by atoms with Gasteiger partial charge in [0, 0.05) is 19.0 Å². The molecular formula is C13H16F2N2O. The number of carbonyl (C=O) groups is 1. The first-order valence-electron chi connectivity index (χ1n) is 6.10. The van der Waals surface area contributed by atoms with Gasteiger partial charge in [-0.1, -0.05) is 12.1 Å². The molecule has 0 bridgehead atoms. The summed E-state index contributed by atoms with van der Waals surface area (Å²) in [6, 6.07) is 4.19. The topological polar surface area (TPSA) is 41.1 Å². The van der Waals surface area contributed by atoms with Crippen LogP contribution in [0.5, 0.6) is 0 Å². The molecule has 1 unspecified atom stereocenters. The minimum atomic E-state index is -0.868. The molecule has 0 aliphatic carbocycles. The van der Waals surface area contributed by atoms with Crippen LogP contribution in [0, 0.1) is 11.6 Å². The predicted octanol–water partition coefficient (Wildman–Crippen LogP) is 1.38. The first-order valence-corrected chi connectivity index (χ1v) is 6.10. The van der Waals surface area contributed by atoms with Gasteiger partial charge in [-0.05, 0) is 31.0 Å². The number of hydrogen-bond donors (Lipinski definition) is 2. The Morgan fingerprint density at radius 1 is 1.44 bits per heavy atom. The number of nitrogens with one attached hydrogen (secondary N) is 2. The van der Waals surface area contributed by atoms with Crippen molar-refractivity contribution in [2.45, 2.75) is 25.3 Å². The highest BCUT2D eigenvalue weighted by atomic mass is 19.2. The van der Waals surface area contributed by atoms with Crippen molar-refractivity contribution in [1.82, 2.24) is 10.6 Å². The fraction of sp³-hybridized carbons (Fsp3) is 0.462. The Morgan fingerprint density at radius 3 is 3.00 bits per heavy atom. The Hall–Kier alpha value is -1.49. The van der Waals surface area contributed by atoms with Crippen molar-refractivity contribution in [3.8, 4) is 0 Å². The van der Waals surface area contributed by atoms with Crippen LogP contribution in [0.2, 0.25) is 0 Å². The number of benzene rings is 1. The van der Waals surface area contributed by atoms with Crippen molar-refractivity contribution in [2.75, 3.05) is 13.1 Å². The zero-order valence-electron chi connectivity index (χ0n) is 10.0. The molecule has 1 aromatic carbocycles. The molecular weight excluding hydrogens is 238 g/mol. The van der Waals surface area contributed by atoms with Crippen LogP contribution < -0.4 is 10.6 Å². The number of aryl methyl sites for hydroxylation is 1. The molecule has 0 radical (unpaired) electrons. The highest BCUT2D eigenvalue weighted by Crippen LogP contribution is 2.13. The lowest BCUT2D eigenvalue weighted by molar-refractivity contribution is -0.121. The molecule has 3 nitrogen and oxygen atoms in total. The number of hydrogen-bond acceptors (Lipinski definition) is 2. The van der Waals surface area contributed by atoms with E-state index in [9.17, 15) is 13.6 Å². The second-order valence-corrected chi connectivity index (χ2v) is 4.47. The Balaban J connectivity index is 1.83. The Labute approximate surface area is 105 Å². The summed E-state index contributed by atoms with van der Waals surface area (Å²) >= 11 is 0. The zero-order chi connectivity index (χ0) is 13.0. The minimum absolute atomic E-state index is 0.118. The largest absolute Gasteiger partial charge is 0.352 e. The van der Waals surface area contributed by atoms with Gasteiger partial charge in [-0.25, -0.2) is 8.78 Å². The Bertz CT molecular complexity index is 431. The molecule has 0 aromatic heterocycles. The third-order valence-corrected chi connectivity index (χ3v) is 3.08. The molecule has 1 saturated heterocycles. The van der Waals surface area contributed by atoms with Gasteiger partial charge in [-0.15, -0.1) is 0 Å². The summed E-state index contributed by atoms with van der Waals surface area (Å²) < 4.78 is 26.3. The van der Waals surface area contributed by atoms with Crippen LogP contribution in [0.4, 0.5) is 8.78 Å². The van der Waals surface area contributed by atoms with Crippen molar-refractivity contribution in [1.29, 1.82) is 0 Å². The Morgan fingerprint density at radius 2 is 2.28 bits per heavy atom. The highest BCUT2D eigenvalue weighted by molar-refractivity contribution is 5.76. The average molecular weight is 254 g/mol. The van der Waals surface area contributed by atoms with E-state index in [2.05, 4.69) is 10.6 Å². The standard InChI is InChI=1S/C13H16F2N2O/c14-11-3-1-2-9(13(11)15)4-5-12(18)17-10-6-7-16-8-10/h1-3,10,16H,4-8H2,(H,17,18). The first kappa shape index (κ1) is 13.0. The van der Waals surface area contributed by atoms with Gasteiger partial charge in [0.15, 0.2) is 11.6 Å². The van der Waals surface area contributed by atoms with Gasteiger partial charge in [-0.2, -0.15) is 0 Å². The summed E-state index contributed by atoms with van der Waals surface area (Å²) in [5.74, 6) is -1.84. The van der Waals surface area contributed by atoms with Gasteiger partial charge in [0.05, 0.1) is 0 Å². The third-order valence-electron chi connectivity index (χ3n) is 3.08. The van der Waals surface area contributed by atoms with Crippen molar-refractivity contribution in [3.63, 3.8) is 0 Å². The van der Waals surface area contributed by atoms with Crippen LogP contribution in [-0.4, -0.2) is 25.0 Å². The first-order chi connectivity index (χ1) is 8.66. The molecule has 1 fully saturated rings. The quantitative estimate of drug-likeness (QED) is 0.852. The van der Waals surface area contributed by atoms with Crippen LogP contribution in [0.1, 0.15) is 18.4 Å². The maximum atomic E-state index is 13.3. The molecule has 18 heavy (non-hydrogen) atoms. The maximum absolute atomic E-state index is 13.3. The van der Waals surface area contributed by atoms with E-state index in [1.165, 1.54) is 12.1 Å². The summed E-state index contributed by atoms with van der Waals surface area (Å²) in [4.78, 5) is 11.6. The molecule has 1 atom stereocenters. The lowest BCUT2D eigenvalue weighted by Crippen LogP contribution is -2.36. The van der Waals surface area contributed by atoms with E-state index in [0.717, 1.165) is 25.6 Å². The van der Waals surface area contributed by atoms with Crippen molar-refractivity contribution in [3.05, 3.63) is 35.4 Å². The van der Waals surface area contributed by atoms with Crippen molar-refractivity contribution < 1.29 is 13.6 Å². The fourth-order valence-electron chi connectivity index (χ4n) is 2.07. The summed E-state index contributed by atoms with van der Waals surface area (Å²) in [6.45, 7) is 1.68. The van der Waals surface area contributed by atoms with Gasteiger partial charge in [0.1, 0.15) is 0 Å². The maximum Gasteiger partial charge on any atom is 0.220 e. The second kappa shape index (κ2) is 5.91. The van der Waals surface area contributed by atoms with E-state index in [4.69, 9.17) is 0 Å². The Kier molecular flexibility index (Phi) is 4.25. The van der Waals surface area contributed by atoms with Gasteiger partial charge >= 0.3 is 0 Å². The summed E-state index contributed by atoms with van der Waals surface area (Å²) in [5.41, 5.74) is 0.245. The summed E-state index contributed by atoms with van der Waals surface area (Å²) in [5, 5.41) is 6.01. The van der Waals surface area contributed by atoms with E-state index < -0.39 is 11.6 Å². The monoisotopic (exact) mass is 254 g/mol. The lowest BCUT2D eigenvalue weighted by atomic mass is 10.1. The van der Waals surface area contributed by atoms with Gasteiger partial charge in [0.25, 0.3) is 0 Å². The highest BCUT2D eigenvalue weighted by Gasteiger charge is 2.17. The number of amides is 1. The van der Waals surface area contributed by atoms with Gasteiger partial charge in [-0.3, -0.25) is 4.79 Å². The van der Waals surface area contributed by atoms with Crippen molar-refractivity contribution in [2.24, 2.45) is 0 Å². The SMILES string of the molecule is O=C(CCc1cccc(F)c1F)NC1CCNC1. The summed E-state index contributed by atoms with van der Waals surface area (Å²) in [7, 11) is 0. The molecule has 1 amide bonds. The van der Waals surface area contributed by atoms with E-state index in [0.29, 0.717) is 0 Å². The van der Waals surface area contributed by atoms with Gasteiger partial charge in [0.2, 0.25) is 5.91 Å². The van der Waals surface area contributed by atoms with E-state index in [-0.39, 0.29) is 30.4 Å². The van der Waals surface area contributed by atoms with E-state index in [1.807, 2.05) is 0 Å². The van der Waals surface area contributed by atoms with Crippen LogP contribution in [0.3, 0.4) is 0 Å². The molecule has 0 saturated carbocycles. The zero-order valence-corrected chi connectivity index (χ0v) is 10.0. The minimum Gasteiger partial charge on any atom is -0.352 e. The van der Waals surface area contributed by atoms with E-state index in [1.54, 1.807) is 0 Å². The van der Waals surface area contributed by atoms with Crippen LogP contribution in [0.25, 0.3) is 0 Å². The van der Waals surface area contributed by atoms with Crippen LogP contribution in [-0.2, 0) is 11.2 Å². The predicted molar refractivity (Wildman–Crippen MR) is 64.1 cm³/mol. The second-order valence-electron chi connectivity index (χ2n) is 4.47. The molecule has 1 aliphatic heterocycles. The number of carbonyl (C=O) groups excluding carboxylic acids is 1. The smallest absolute Gasteiger partial charge is 0.220 e. The molecule has 1 aliphatic rings. The average Bonchev–Trinajstić information content (AvgIpc) is 2.84. The van der Waals surface area contributed by atoms with Crippen molar-refractivity contribution >= 4 is 5.91 Å². The normalized spacial score (nSPS) is 18.9. The number of halogens is 2. The molecule has 1 aromatic rings. The lowest BCUT2D eigenvalue weighted by Gasteiger charge is -2.11. The molecule has 98 valence electrons. The molecule has 1 heterocycles. The van der Waals surface area contributed by atoms with Crippen LogP contribution in [0.15, 0.2) is 18.2 Å². The fourth-order valence-corrected chi connectivity index (χ4v) is 2.07. The van der Waals surface area contributed by atoms with Crippen LogP contribution >= 0.6 is 0 Å².